The van der Waals surface area contributed by atoms with Gasteiger partial charge in [0.1, 0.15) is 0 Å². The van der Waals surface area contributed by atoms with Crippen molar-refractivity contribution in [2.24, 2.45) is 5.92 Å². The second kappa shape index (κ2) is 6.23. The Hall–Kier alpha value is 1.11. The molecule has 0 amide bonds. The summed E-state index contributed by atoms with van der Waals surface area (Å²) >= 11 is -1.85. The molecule has 0 bridgehead atoms. The summed E-state index contributed by atoms with van der Waals surface area (Å²) in [5.74, 6) is 0.540. The van der Waals surface area contributed by atoms with Crippen molar-refractivity contribution in [1.29, 1.82) is 0 Å². The van der Waals surface area contributed by atoms with E-state index in [0.717, 1.165) is 0 Å². The Morgan fingerprint density at radius 2 is 2.00 bits per heavy atom. The van der Waals surface area contributed by atoms with E-state index in [1.165, 1.54) is 0 Å². The molecule has 2 nitrogen and oxygen atoms in total. The van der Waals surface area contributed by atoms with E-state index in [1.54, 1.807) is 0 Å². The van der Waals surface area contributed by atoms with Gasteiger partial charge in [-0.3, -0.25) is 4.21 Å². The maximum Gasteiger partial charge on any atom is 1.00 e. The quantitative estimate of drug-likeness (QED) is 0.318. The summed E-state index contributed by atoms with van der Waals surface area (Å²) in [7, 11) is 0. The summed E-state index contributed by atoms with van der Waals surface area (Å²) in [6.07, 6.45) is 0. The Balaban J connectivity index is 0. The van der Waals surface area contributed by atoms with Crippen LogP contribution in [0.1, 0.15) is 13.8 Å². The first-order valence-electron chi connectivity index (χ1n) is 2.18. The van der Waals surface area contributed by atoms with Crippen molar-refractivity contribution in [2.75, 3.05) is 5.75 Å². The maximum absolute atomic E-state index is 9.81. The molecule has 0 fully saturated rings. The van der Waals surface area contributed by atoms with Gasteiger partial charge >= 0.3 is 29.6 Å². The molecule has 8 heavy (non-hydrogen) atoms. The number of rotatable bonds is 2. The summed E-state index contributed by atoms with van der Waals surface area (Å²) in [6.45, 7) is 3.74. The Morgan fingerprint density at radius 1 is 1.62 bits per heavy atom. The fraction of sp³-hybridized carbons (Fsp3) is 1.00. The van der Waals surface area contributed by atoms with Gasteiger partial charge in [-0.25, -0.2) is 0 Å². The van der Waals surface area contributed by atoms with E-state index in [2.05, 4.69) is 0 Å². The molecule has 0 saturated carbocycles. The summed E-state index contributed by atoms with van der Waals surface area (Å²) < 4.78 is 19.6. The number of hydrogen-bond acceptors (Lipinski definition) is 2. The molecule has 0 radical (unpaired) electrons. The van der Waals surface area contributed by atoms with Gasteiger partial charge < -0.3 is 4.55 Å². The van der Waals surface area contributed by atoms with Crippen LogP contribution < -0.4 is 29.6 Å². The molecule has 1 unspecified atom stereocenters. The van der Waals surface area contributed by atoms with E-state index in [9.17, 15) is 8.76 Å². The molecule has 4 heteroatoms. The Kier molecular flexibility index (Phi) is 9.24. The van der Waals surface area contributed by atoms with Gasteiger partial charge in [-0.15, -0.1) is 0 Å². The molecule has 0 aromatic heterocycles. The van der Waals surface area contributed by atoms with E-state index in [1.807, 2.05) is 13.8 Å². The van der Waals surface area contributed by atoms with Crippen LogP contribution in [0.15, 0.2) is 0 Å². The van der Waals surface area contributed by atoms with Gasteiger partial charge in [-0.1, -0.05) is 24.9 Å². The normalized spacial score (nSPS) is 13.0. The fourth-order valence-corrected chi connectivity index (χ4v) is 0.816. The molecule has 1 atom stereocenters. The van der Waals surface area contributed by atoms with Crippen LogP contribution in [-0.4, -0.2) is 14.5 Å². The van der Waals surface area contributed by atoms with Crippen molar-refractivity contribution >= 4 is 11.1 Å². The van der Waals surface area contributed by atoms with E-state index in [-0.39, 0.29) is 41.2 Å². The minimum absolute atomic E-state index is 0. The van der Waals surface area contributed by atoms with Gasteiger partial charge in [0, 0.05) is 5.75 Å². The molecule has 0 aliphatic heterocycles. The van der Waals surface area contributed by atoms with Crippen LogP contribution in [0.5, 0.6) is 0 Å². The Labute approximate surface area is 74.6 Å². The largest absolute Gasteiger partial charge is 1.00 e. The van der Waals surface area contributed by atoms with E-state index >= 15 is 0 Å². The molecule has 0 N–H and O–H groups in total. The summed E-state index contributed by atoms with van der Waals surface area (Å²) in [6, 6.07) is 0. The predicted molar refractivity (Wildman–Crippen MR) is 28.6 cm³/mol. The molecule has 44 valence electrons. The third kappa shape index (κ3) is 10.2. The minimum Gasteiger partial charge on any atom is -0.772 e. The average Bonchev–Trinajstić information content (AvgIpc) is 1.27. The zero-order valence-electron chi connectivity index (χ0n) is 5.51. The van der Waals surface area contributed by atoms with Gasteiger partial charge in [0.25, 0.3) is 0 Å². The van der Waals surface area contributed by atoms with Crippen molar-refractivity contribution in [3.05, 3.63) is 0 Å². The van der Waals surface area contributed by atoms with Crippen LogP contribution in [0.2, 0.25) is 0 Å². The van der Waals surface area contributed by atoms with Gasteiger partial charge in [0.2, 0.25) is 0 Å². The van der Waals surface area contributed by atoms with Crippen LogP contribution in [0.25, 0.3) is 0 Å². The van der Waals surface area contributed by atoms with Gasteiger partial charge in [-0.05, 0) is 5.92 Å². The molecule has 0 aliphatic carbocycles. The molecule has 0 aromatic carbocycles. The van der Waals surface area contributed by atoms with Gasteiger partial charge in [-0.2, -0.15) is 0 Å². The zero-order chi connectivity index (χ0) is 5.86. The first-order chi connectivity index (χ1) is 3.13. The van der Waals surface area contributed by atoms with Crippen molar-refractivity contribution in [3.8, 4) is 0 Å². The summed E-state index contributed by atoms with van der Waals surface area (Å²) in [5, 5.41) is 0. The van der Waals surface area contributed by atoms with E-state index in [0.29, 0.717) is 0 Å². The van der Waals surface area contributed by atoms with Crippen molar-refractivity contribution in [1.82, 2.24) is 0 Å². The van der Waals surface area contributed by atoms with Crippen molar-refractivity contribution in [2.45, 2.75) is 13.8 Å². The molecule has 0 spiro atoms. The molecule has 0 aliphatic rings. The molecular weight excluding hydrogens is 135 g/mol. The van der Waals surface area contributed by atoms with E-state index < -0.39 is 11.1 Å². The van der Waals surface area contributed by atoms with Crippen LogP contribution in [0, 0.1) is 5.92 Å². The van der Waals surface area contributed by atoms with Crippen molar-refractivity contribution < 1.29 is 38.3 Å². The first kappa shape index (κ1) is 11.9. The second-order valence-corrected chi connectivity index (χ2v) is 2.81. The average molecular weight is 144 g/mol. The Morgan fingerprint density at radius 3 is 2.00 bits per heavy atom. The van der Waals surface area contributed by atoms with E-state index in [4.69, 9.17) is 0 Å². The second-order valence-electron chi connectivity index (χ2n) is 1.86. The minimum atomic E-state index is -1.85. The van der Waals surface area contributed by atoms with Crippen LogP contribution >= 0.6 is 0 Å². The van der Waals surface area contributed by atoms with Crippen LogP contribution in [-0.2, 0) is 11.1 Å². The fourth-order valence-electron chi connectivity index (χ4n) is 0.272. The van der Waals surface area contributed by atoms with Crippen LogP contribution in [0.4, 0.5) is 0 Å². The Bertz CT molecular complexity index is 74.4. The molecular formula is C4H9NaO2S. The topological polar surface area (TPSA) is 40.1 Å². The van der Waals surface area contributed by atoms with Crippen molar-refractivity contribution in [3.63, 3.8) is 0 Å². The summed E-state index contributed by atoms with van der Waals surface area (Å²) in [4.78, 5) is 0. The van der Waals surface area contributed by atoms with Crippen LogP contribution in [0.3, 0.4) is 0 Å². The maximum atomic E-state index is 9.81. The zero-order valence-corrected chi connectivity index (χ0v) is 8.33. The number of hydrogen-bond donors (Lipinski definition) is 0. The summed E-state index contributed by atoms with van der Waals surface area (Å²) in [5.41, 5.74) is 0. The van der Waals surface area contributed by atoms with Gasteiger partial charge in [0.05, 0.1) is 0 Å². The molecule has 0 saturated heterocycles. The molecule has 0 rings (SSSR count). The predicted octanol–water partition coefficient (Wildman–Crippen LogP) is -2.47. The monoisotopic (exact) mass is 144 g/mol. The SMILES string of the molecule is CC(C)CS(=O)[O-].[Na+]. The van der Waals surface area contributed by atoms with Gasteiger partial charge in [0.15, 0.2) is 0 Å². The third-order valence-electron chi connectivity index (χ3n) is 0.469. The standard InChI is InChI=1S/C4H10O2S.Na/c1-4(2)3-7(5)6;/h4H,3H2,1-2H3,(H,5,6);/q;+1/p-1. The first-order valence-corrected chi connectivity index (χ1v) is 3.43. The smallest absolute Gasteiger partial charge is 0.772 e. The third-order valence-corrected chi connectivity index (χ3v) is 1.41. The molecule has 0 heterocycles. The molecule has 0 aromatic rings.